The molecule has 0 N–H and O–H groups in total. The van der Waals surface area contributed by atoms with Crippen molar-refractivity contribution in [1.29, 1.82) is 0 Å². The van der Waals surface area contributed by atoms with Crippen LogP contribution in [0.25, 0.3) is 33.4 Å². The predicted octanol–water partition coefficient (Wildman–Crippen LogP) is 9.07. The van der Waals surface area contributed by atoms with Gasteiger partial charge >= 0.3 is 0 Å². The summed E-state index contributed by atoms with van der Waals surface area (Å²) < 4.78 is 1.35. The molecule has 6 aromatic rings. The maximum absolute atomic E-state index is 4.41. The third-order valence-corrected chi connectivity index (χ3v) is 9.22. The number of aromatic nitrogens is 2. The molecule has 3 aliphatic carbocycles. The Kier molecular flexibility index (Phi) is 5.27. The molecular weight excluding hydrogens is 587 g/mol. The molecule has 0 saturated heterocycles. The van der Waals surface area contributed by atoms with Gasteiger partial charge in [0.1, 0.15) is 0 Å². The van der Waals surface area contributed by atoms with Crippen LogP contribution >= 0.6 is 22.6 Å². The van der Waals surface area contributed by atoms with Crippen LogP contribution in [-0.2, 0) is 0 Å². The summed E-state index contributed by atoms with van der Waals surface area (Å²) in [7, 11) is 0. The second-order valence-electron chi connectivity index (χ2n) is 10.3. The standard InChI is InChI=1S/C36H23IN2/c37-32-14-4-13-31-34-28-9-1-2-10-29(28)35(36(31)32)30-12-3-11-27(33(30)34)26-18-24(22-7-5-15-38-20-22)17-25(19-26)23-8-6-16-39-21-23/h1-21,34-35H. The molecular formula is C36H23IN2. The molecule has 0 aliphatic heterocycles. The summed E-state index contributed by atoms with van der Waals surface area (Å²) in [6.45, 7) is 0. The van der Waals surface area contributed by atoms with Gasteiger partial charge in [-0.3, -0.25) is 9.97 Å². The molecule has 2 bridgehead atoms. The molecule has 2 heterocycles. The Morgan fingerprint density at radius 1 is 0.462 bits per heavy atom. The van der Waals surface area contributed by atoms with Gasteiger partial charge < -0.3 is 0 Å². The Balaban J connectivity index is 1.40. The number of rotatable bonds is 3. The van der Waals surface area contributed by atoms with Crippen molar-refractivity contribution in [1.82, 2.24) is 9.97 Å². The summed E-state index contributed by atoms with van der Waals surface area (Å²) in [5.74, 6) is 0.467. The van der Waals surface area contributed by atoms with Crippen LogP contribution in [0.4, 0.5) is 0 Å². The van der Waals surface area contributed by atoms with E-state index in [2.05, 4.69) is 124 Å². The molecule has 3 heteroatoms. The van der Waals surface area contributed by atoms with Gasteiger partial charge in [0.05, 0.1) is 0 Å². The molecule has 0 amide bonds. The van der Waals surface area contributed by atoms with Gasteiger partial charge in [0.15, 0.2) is 0 Å². The fourth-order valence-corrected chi connectivity index (χ4v) is 7.53. The second-order valence-corrected chi connectivity index (χ2v) is 11.5. The minimum atomic E-state index is 0.214. The molecule has 3 aliphatic rings. The number of hydrogen-bond acceptors (Lipinski definition) is 2. The maximum Gasteiger partial charge on any atom is 0.0359 e. The van der Waals surface area contributed by atoms with E-state index in [1.54, 1.807) is 0 Å². The van der Waals surface area contributed by atoms with Crippen LogP contribution in [0.15, 0.2) is 128 Å². The van der Waals surface area contributed by atoms with Gasteiger partial charge in [0.2, 0.25) is 0 Å². The molecule has 2 aromatic heterocycles. The fraction of sp³-hybridized carbons (Fsp3) is 0.0556. The van der Waals surface area contributed by atoms with Crippen LogP contribution in [-0.4, -0.2) is 9.97 Å². The monoisotopic (exact) mass is 610 g/mol. The number of benzene rings is 4. The Morgan fingerprint density at radius 2 is 1.00 bits per heavy atom. The topological polar surface area (TPSA) is 25.8 Å². The van der Waals surface area contributed by atoms with Crippen LogP contribution in [0.3, 0.4) is 0 Å². The zero-order valence-electron chi connectivity index (χ0n) is 21.1. The first-order valence-electron chi connectivity index (χ1n) is 13.2. The third-order valence-electron chi connectivity index (χ3n) is 8.28. The van der Waals surface area contributed by atoms with E-state index in [4.69, 9.17) is 0 Å². The van der Waals surface area contributed by atoms with E-state index < -0.39 is 0 Å². The van der Waals surface area contributed by atoms with Gasteiger partial charge in [-0.25, -0.2) is 0 Å². The lowest BCUT2D eigenvalue weighted by atomic mass is 9.60. The summed E-state index contributed by atoms with van der Waals surface area (Å²) in [5, 5.41) is 0. The number of pyridine rings is 2. The molecule has 9 rings (SSSR count). The van der Waals surface area contributed by atoms with E-state index in [0.29, 0.717) is 0 Å². The summed E-state index contributed by atoms with van der Waals surface area (Å²) in [6, 6.07) is 38.0. The predicted molar refractivity (Wildman–Crippen MR) is 166 cm³/mol. The average Bonchev–Trinajstić information content (AvgIpc) is 3.01. The highest BCUT2D eigenvalue weighted by molar-refractivity contribution is 14.1. The first-order chi connectivity index (χ1) is 19.3. The van der Waals surface area contributed by atoms with E-state index in [-0.39, 0.29) is 11.8 Å². The quantitative estimate of drug-likeness (QED) is 0.187. The minimum absolute atomic E-state index is 0.214. The van der Waals surface area contributed by atoms with Crippen molar-refractivity contribution in [3.63, 3.8) is 0 Å². The Bertz CT molecular complexity index is 1820. The second kappa shape index (κ2) is 8.99. The van der Waals surface area contributed by atoms with E-state index in [1.807, 2.05) is 36.9 Å². The third kappa shape index (κ3) is 3.53. The highest BCUT2D eigenvalue weighted by atomic mass is 127. The van der Waals surface area contributed by atoms with Gasteiger partial charge in [-0.1, -0.05) is 66.7 Å². The maximum atomic E-state index is 4.41. The van der Waals surface area contributed by atoms with Crippen LogP contribution in [0.1, 0.15) is 45.2 Å². The molecule has 0 fully saturated rings. The van der Waals surface area contributed by atoms with Crippen molar-refractivity contribution in [2.24, 2.45) is 0 Å². The summed E-state index contributed by atoms with van der Waals surface area (Å²) in [4.78, 5) is 8.82. The lowest BCUT2D eigenvalue weighted by Gasteiger charge is -2.43. The molecule has 0 saturated carbocycles. The van der Waals surface area contributed by atoms with Crippen molar-refractivity contribution in [2.45, 2.75) is 11.8 Å². The van der Waals surface area contributed by atoms with Gasteiger partial charge in [-0.05, 0) is 115 Å². The largest absolute Gasteiger partial charge is 0.264 e. The van der Waals surface area contributed by atoms with E-state index >= 15 is 0 Å². The van der Waals surface area contributed by atoms with Gasteiger partial charge in [-0.2, -0.15) is 0 Å². The fourth-order valence-electron chi connectivity index (χ4n) is 6.70. The number of hydrogen-bond donors (Lipinski definition) is 0. The van der Waals surface area contributed by atoms with Crippen LogP contribution < -0.4 is 0 Å². The average molecular weight is 610 g/mol. The lowest BCUT2D eigenvalue weighted by Crippen LogP contribution is -2.28. The highest BCUT2D eigenvalue weighted by Gasteiger charge is 2.43. The molecule has 39 heavy (non-hydrogen) atoms. The van der Waals surface area contributed by atoms with Crippen molar-refractivity contribution in [3.8, 4) is 33.4 Å². The van der Waals surface area contributed by atoms with E-state index in [1.165, 1.54) is 48.1 Å². The normalized spacial score (nSPS) is 16.3. The summed E-state index contributed by atoms with van der Waals surface area (Å²) >= 11 is 2.53. The van der Waals surface area contributed by atoms with Gasteiger partial charge in [0.25, 0.3) is 0 Å². The molecule has 2 nitrogen and oxygen atoms in total. The van der Waals surface area contributed by atoms with Crippen LogP contribution in [0, 0.1) is 3.57 Å². The molecule has 4 aromatic carbocycles. The number of nitrogens with zero attached hydrogens (tertiary/aromatic N) is 2. The molecule has 0 spiro atoms. The summed E-state index contributed by atoms with van der Waals surface area (Å²) in [5.41, 5.74) is 15.8. The van der Waals surface area contributed by atoms with E-state index in [0.717, 1.165) is 22.3 Å². The summed E-state index contributed by atoms with van der Waals surface area (Å²) in [6.07, 6.45) is 7.55. The van der Waals surface area contributed by atoms with E-state index in [9.17, 15) is 0 Å². The van der Waals surface area contributed by atoms with Crippen molar-refractivity contribution in [3.05, 3.63) is 165 Å². The number of halogens is 1. The van der Waals surface area contributed by atoms with Gasteiger partial charge in [0, 0.05) is 51.3 Å². The van der Waals surface area contributed by atoms with Crippen molar-refractivity contribution in [2.75, 3.05) is 0 Å². The molecule has 2 atom stereocenters. The Hall–Kier alpha value is -4.09. The van der Waals surface area contributed by atoms with Gasteiger partial charge in [-0.15, -0.1) is 0 Å². The Morgan fingerprint density at radius 3 is 1.62 bits per heavy atom. The lowest BCUT2D eigenvalue weighted by molar-refractivity contribution is 0.752. The first kappa shape index (κ1) is 22.9. The Labute approximate surface area is 241 Å². The smallest absolute Gasteiger partial charge is 0.0359 e. The molecule has 0 radical (unpaired) electrons. The van der Waals surface area contributed by atoms with Crippen LogP contribution in [0.5, 0.6) is 0 Å². The molecule has 2 unspecified atom stereocenters. The SMILES string of the molecule is Ic1cccc2c1C1c3ccccc3C2c2c(-c3cc(-c4cccnc4)cc(-c4cccnc4)c3)cccc21. The zero-order valence-corrected chi connectivity index (χ0v) is 23.2. The minimum Gasteiger partial charge on any atom is -0.264 e. The zero-order chi connectivity index (χ0) is 25.9. The first-order valence-corrected chi connectivity index (χ1v) is 14.3. The highest BCUT2D eigenvalue weighted by Crippen LogP contribution is 2.58. The van der Waals surface area contributed by atoms with Crippen molar-refractivity contribution >= 4 is 22.6 Å². The van der Waals surface area contributed by atoms with Crippen LogP contribution in [0.2, 0.25) is 0 Å². The van der Waals surface area contributed by atoms with Crippen molar-refractivity contribution < 1.29 is 0 Å². The molecule has 184 valence electrons.